The number of carbonyl (C=O) groups excluding carboxylic acids is 4. The first kappa shape index (κ1) is 33.7. The van der Waals surface area contributed by atoms with Crippen LogP contribution >= 0.6 is 11.8 Å². The van der Waals surface area contributed by atoms with E-state index in [0.29, 0.717) is 37.1 Å². The molecule has 0 aliphatic rings. The maximum absolute atomic E-state index is 13.2. The molecule has 0 fully saturated rings. The van der Waals surface area contributed by atoms with Crippen LogP contribution in [0.25, 0.3) is 0 Å². The Morgan fingerprint density at radius 2 is 1.44 bits per heavy atom. The molecule has 0 saturated carbocycles. The lowest BCUT2D eigenvalue weighted by molar-refractivity contribution is -0.142. The molecule has 1 aromatic carbocycles. The molecular weight excluding hydrogens is 528 g/mol. The number of phenolic OH excluding ortho intramolecular Hbond substituents is 1. The highest BCUT2D eigenvalue weighted by molar-refractivity contribution is 7.98. The van der Waals surface area contributed by atoms with Gasteiger partial charge in [0.05, 0.1) is 6.04 Å². The number of hydrogen-bond donors (Lipinski definition) is 8. The van der Waals surface area contributed by atoms with E-state index in [0.717, 1.165) is 0 Å². The monoisotopic (exact) mass is 568 g/mol. The maximum atomic E-state index is 13.2. The van der Waals surface area contributed by atoms with Gasteiger partial charge in [0.1, 0.15) is 23.9 Å². The largest absolute Gasteiger partial charge is 0.508 e. The van der Waals surface area contributed by atoms with E-state index in [9.17, 15) is 34.2 Å². The summed E-state index contributed by atoms with van der Waals surface area (Å²) in [5, 5.41) is 26.7. The minimum Gasteiger partial charge on any atom is -0.508 e. The molecule has 4 unspecified atom stereocenters. The average Bonchev–Trinajstić information content (AvgIpc) is 2.89. The molecule has 0 aliphatic heterocycles. The fraction of sp³-hybridized carbons (Fsp3) is 0.560. The Morgan fingerprint density at radius 1 is 0.872 bits per heavy atom. The zero-order chi connectivity index (χ0) is 29.4. The third-order valence-corrected chi connectivity index (χ3v) is 6.50. The summed E-state index contributed by atoms with van der Waals surface area (Å²) in [6.45, 7) is 0.353. The van der Waals surface area contributed by atoms with Crippen LogP contribution in [0, 0.1) is 0 Å². The highest BCUT2D eigenvalue weighted by Crippen LogP contribution is 2.12. The second kappa shape index (κ2) is 18.0. The van der Waals surface area contributed by atoms with Crippen molar-refractivity contribution in [1.29, 1.82) is 0 Å². The van der Waals surface area contributed by atoms with Crippen molar-refractivity contribution in [3.8, 4) is 5.75 Å². The smallest absolute Gasteiger partial charge is 0.326 e. The summed E-state index contributed by atoms with van der Waals surface area (Å²) >= 11 is 1.51. The zero-order valence-electron chi connectivity index (χ0n) is 22.1. The fourth-order valence-corrected chi connectivity index (χ4v) is 4.07. The van der Waals surface area contributed by atoms with Gasteiger partial charge in [-0.25, -0.2) is 4.79 Å². The number of nitrogens with two attached hydrogens (primary N) is 3. The topological polar surface area (TPSA) is 240 Å². The van der Waals surface area contributed by atoms with Crippen LogP contribution in [0.15, 0.2) is 24.3 Å². The number of hydrogen-bond acceptors (Lipinski definition) is 9. The Labute approximate surface area is 232 Å². The van der Waals surface area contributed by atoms with Gasteiger partial charge in [0, 0.05) is 12.8 Å². The van der Waals surface area contributed by atoms with Crippen LogP contribution in [0.5, 0.6) is 5.75 Å². The van der Waals surface area contributed by atoms with Gasteiger partial charge in [-0.15, -0.1) is 0 Å². The molecule has 4 amide bonds. The van der Waals surface area contributed by atoms with E-state index >= 15 is 0 Å². The van der Waals surface area contributed by atoms with Crippen LogP contribution in [0.4, 0.5) is 0 Å². The molecule has 0 saturated heterocycles. The minimum atomic E-state index is -1.31. The molecule has 0 radical (unpaired) electrons. The lowest BCUT2D eigenvalue weighted by atomic mass is 10.0. The van der Waals surface area contributed by atoms with Gasteiger partial charge >= 0.3 is 5.97 Å². The number of rotatable bonds is 19. The van der Waals surface area contributed by atoms with Gasteiger partial charge in [0.25, 0.3) is 0 Å². The Morgan fingerprint density at radius 3 is 1.97 bits per heavy atom. The lowest BCUT2D eigenvalue weighted by Gasteiger charge is -2.25. The van der Waals surface area contributed by atoms with Crippen LogP contribution < -0.4 is 33.2 Å². The summed E-state index contributed by atoms with van der Waals surface area (Å²) in [6, 6.07) is 1.36. The molecule has 0 spiro atoms. The van der Waals surface area contributed by atoms with Crippen molar-refractivity contribution in [1.82, 2.24) is 16.0 Å². The second-order valence-electron chi connectivity index (χ2n) is 9.07. The normalized spacial score (nSPS) is 13.9. The highest BCUT2D eigenvalue weighted by atomic mass is 32.2. The Balaban J connectivity index is 3.03. The van der Waals surface area contributed by atoms with Gasteiger partial charge in [-0.05, 0) is 68.4 Å². The summed E-state index contributed by atoms with van der Waals surface area (Å²) in [6.07, 6.45) is 3.04. The van der Waals surface area contributed by atoms with E-state index < -0.39 is 53.8 Å². The van der Waals surface area contributed by atoms with Crippen molar-refractivity contribution in [3.05, 3.63) is 29.8 Å². The van der Waals surface area contributed by atoms with Gasteiger partial charge in [-0.2, -0.15) is 11.8 Å². The van der Waals surface area contributed by atoms with Crippen molar-refractivity contribution in [2.45, 2.75) is 69.1 Å². The molecule has 4 atom stereocenters. The van der Waals surface area contributed by atoms with Crippen LogP contribution in [-0.2, 0) is 30.4 Å². The molecule has 14 heteroatoms. The molecule has 13 nitrogen and oxygen atoms in total. The molecule has 39 heavy (non-hydrogen) atoms. The zero-order valence-corrected chi connectivity index (χ0v) is 22.9. The summed E-state index contributed by atoms with van der Waals surface area (Å²) in [4.78, 5) is 62.0. The van der Waals surface area contributed by atoms with Crippen LogP contribution in [0.1, 0.15) is 44.1 Å². The molecule has 0 aromatic heterocycles. The summed E-state index contributed by atoms with van der Waals surface area (Å²) < 4.78 is 0. The number of carboxylic acids is 1. The third-order valence-electron chi connectivity index (χ3n) is 5.85. The van der Waals surface area contributed by atoms with E-state index in [2.05, 4.69) is 16.0 Å². The van der Waals surface area contributed by atoms with E-state index in [1.54, 1.807) is 0 Å². The first-order valence-corrected chi connectivity index (χ1v) is 14.0. The Hall–Kier alpha value is -3.36. The molecule has 11 N–H and O–H groups in total. The molecule has 218 valence electrons. The number of primary amides is 1. The lowest BCUT2D eigenvalue weighted by Crippen LogP contribution is -2.57. The Kier molecular flexibility index (Phi) is 15.6. The molecule has 1 aromatic rings. The molecule has 0 heterocycles. The summed E-state index contributed by atoms with van der Waals surface area (Å²) in [5.41, 5.74) is 17.2. The number of amides is 4. The number of thioether (sulfide) groups is 1. The minimum absolute atomic E-state index is 0.0144. The van der Waals surface area contributed by atoms with Crippen molar-refractivity contribution < 1.29 is 34.2 Å². The molecule has 1 rings (SSSR count). The van der Waals surface area contributed by atoms with Crippen LogP contribution in [0.2, 0.25) is 0 Å². The van der Waals surface area contributed by atoms with Gasteiger partial charge in [0.2, 0.25) is 23.6 Å². The maximum Gasteiger partial charge on any atom is 0.326 e. The standard InChI is InChI=1S/C25H40N6O7S/c1-39-13-11-17(27)22(34)29-19(9-10-21(28)33)24(36)30-18(4-2-3-12-26)23(35)31-20(25(37)38)14-15-5-7-16(32)8-6-15/h5-8,17-20,32H,2-4,9-14,26-27H2,1H3,(H2,28,33)(H,29,34)(H,30,36)(H,31,35)(H,37,38). The average molecular weight is 569 g/mol. The molecule has 0 bridgehead atoms. The molecular formula is C25H40N6O7S. The quantitative estimate of drug-likeness (QED) is 0.0941. The molecule has 0 aliphatic carbocycles. The SMILES string of the molecule is CSCCC(N)C(=O)NC(CCC(N)=O)C(=O)NC(CCCCN)C(=O)NC(Cc1ccc(O)cc1)C(=O)O. The van der Waals surface area contributed by atoms with Crippen molar-refractivity contribution in [3.63, 3.8) is 0 Å². The summed E-state index contributed by atoms with van der Waals surface area (Å²) in [5.74, 6) is -3.37. The number of phenols is 1. The van der Waals surface area contributed by atoms with E-state index in [1.807, 2.05) is 6.26 Å². The number of aromatic hydroxyl groups is 1. The third kappa shape index (κ3) is 13.3. The van der Waals surface area contributed by atoms with Gasteiger partial charge in [-0.3, -0.25) is 19.2 Å². The fourth-order valence-electron chi connectivity index (χ4n) is 3.58. The number of aliphatic carboxylic acids is 1. The van der Waals surface area contributed by atoms with Gasteiger partial charge in [0.15, 0.2) is 0 Å². The number of carboxylic acid groups (broad SMARTS) is 1. The number of benzene rings is 1. The van der Waals surface area contributed by atoms with Crippen LogP contribution in [-0.4, -0.2) is 82.5 Å². The second-order valence-corrected chi connectivity index (χ2v) is 10.1. The van der Waals surface area contributed by atoms with Gasteiger partial charge < -0.3 is 43.4 Å². The predicted octanol–water partition coefficient (Wildman–Crippen LogP) is -1.05. The van der Waals surface area contributed by atoms with Crippen molar-refractivity contribution in [2.75, 3.05) is 18.6 Å². The summed E-state index contributed by atoms with van der Waals surface area (Å²) in [7, 11) is 0. The van der Waals surface area contributed by atoms with E-state index in [-0.39, 0.29) is 31.4 Å². The number of nitrogens with one attached hydrogen (secondary N) is 3. The highest BCUT2D eigenvalue weighted by Gasteiger charge is 2.30. The van der Waals surface area contributed by atoms with Crippen molar-refractivity contribution in [2.24, 2.45) is 17.2 Å². The van der Waals surface area contributed by atoms with Gasteiger partial charge in [-0.1, -0.05) is 12.1 Å². The van der Waals surface area contributed by atoms with Crippen molar-refractivity contribution >= 4 is 41.4 Å². The number of unbranched alkanes of at least 4 members (excludes halogenated alkanes) is 1. The first-order valence-electron chi connectivity index (χ1n) is 12.6. The Bertz CT molecular complexity index is 963. The predicted molar refractivity (Wildman–Crippen MR) is 148 cm³/mol. The van der Waals surface area contributed by atoms with E-state index in [1.165, 1.54) is 36.0 Å². The van der Waals surface area contributed by atoms with Crippen LogP contribution in [0.3, 0.4) is 0 Å². The number of carbonyl (C=O) groups is 5. The first-order chi connectivity index (χ1) is 18.5. The van der Waals surface area contributed by atoms with E-state index in [4.69, 9.17) is 17.2 Å².